The predicted molar refractivity (Wildman–Crippen MR) is 79.5 cm³/mol. The van der Waals surface area contributed by atoms with Crippen LogP contribution in [0.5, 0.6) is 0 Å². The molecule has 0 radical (unpaired) electrons. The first kappa shape index (κ1) is 13.8. The Morgan fingerprint density at radius 2 is 2.39 bits per heavy atom. The van der Waals surface area contributed by atoms with Crippen molar-refractivity contribution >= 4 is 29.0 Å². The van der Waals surface area contributed by atoms with Crippen LogP contribution >= 0.6 is 24.0 Å². The van der Waals surface area contributed by atoms with E-state index in [4.69, 9.17) is 18.0 Å². The zero-order valence-electron chi connectivity index (χ0n) is 10.4. The second-order valence-electron chi connectivity index (χ2n) is 4.60. The van der Waals surface area contributed by atoms with Crippen molar-refractivity contribution in [3.05, 3.63) is 35.1 Å². The third kappa shape index (κ3) is 3.22. The molecule has 1 aromatic rings. The zero-order valence-corrected chi connectivity index (χ0v) is 12.0. The minimum absolute atomic E-state index is 0.224. The van der Waals surface area contributed by atoms with Crippen molar-refractivity contribution in [2.45, 2.75) is 19.0 Å². The molecule has 1 fully saturated rings. The van der Waals surface area contributed by atoms with Gasteiger partial charge in [0.2, 0.25) is 0 Å². The number of nitrogens with zero attached hydrogens (tertiary/aromatic N) is 1. The van der Waals surface area contributed by atoms with Gasteiger partial charge in [-0.15, -0.1) is 0 Å². The van der Waals surface area contributed by atoms with E-state index in [0.29, 0.717) is 23.7 Å². The summed E-state index contributed by atoms with van der Waals surface area (Å²) in [4.78, 5) is 2.46. The molecule has 0 amide bonds. The largest absolute Gasteiger partial charge is 0.389 e. The summed E-state index contributed by atoms with van der Waals surface area (Å²) in [6.45, 7) is 0.634. The van der Waals surface area contributed by atoms with Crippen LogP contribution in [0.3, 0.4) is 0 Å². The molecule has 1 aliphatic heterocycles. The highest BCUT2D eigenvalue weighted by Gasteiger charge is 2.20. The molecule has 1 aliphatic rings. The summed E-state index contributed by atoms with van der Waals surface area (Å²) in [5.74, 6) is 2.12. The molecule has 0 spiro atoms. The summed E-state index contributed by atoms with van der Waals surface area (Å²) in [7, 11) is 2.05. The van der Waals surface area contributed by atoms with Crippen LogP contribution in [0, 0.1) is 5.82 Å². The fourth-order valence-corrected chi connectivity index (χ4v) is 3.52. The number of hydrogen-bond acceptors (Lipinski definition) is 3. The molecule has 98 valence electrons. The molecule has 2 rings (SSSR count). The predicted octanol–water partition coefficient (Wildman–Crippen LogP) is 2.40. The fourth-order valence-electron chi connectivity index (χ4n) is 2.10. The standard InChI is InChI=1S/C13H17FN2S2/c1-16(11-4-5-18-8-11)7-10-3-2-9(13(15)17)6-12(10)14/h2-3,6,11H,4-5,7-8H2,1H3,(H2,15,17). The Bertz CT molecular complexity index is 445. The second-order valence-corrected chi connectivity index (χ2v) is 6.19. The molecule has 2 N–H and O–H groups in total. The summed E-state index contributed by atoms with van der Waals surface area (Å²) in [5.41, 5.74) is 6.78. The van der Waals surface area contributed by atoms with E-state index in [9.17, 15) is 4.39 Å². The highest BCUT2D eigenvalue weighted by atomic mass is 32.2. The number of halogens is 1. The Kier molecular flexibility index (Phi) is 4.59. The first-order chi connectivity index (χ1) is 8.58. The third-order valence-electron chi connectivity index (χ3n) is 3.29. The first-order valence-electron chi connectivity index (χ1n) is 5.94. The highest BCUT2D eigenvalue weighted by molar-refractivity contribution is 7.99. The smallest absolute Gasteiger partial charge is 0.128 e. The van der Waals surface area contributed by atoms with Crippen LogP contribution in [0.4, 0.5) is 4.39 Å². The van der Waals surface area contributed by atoms with Crippen molar-refractivity contribution in [2.24, 2.45) is 5.73 Å². The Balaban J connectivity index is 2.06. The minimum atomic E-state index is -0.224. The van der Waals surface area contributed by atoms with Crippen LogP contribution in [0.15, 0.2) is 18.2 Å². The van der Waals surface area contributed by atoms with Crippen LogP contribution in [-0.4, -0.2) is 34.5 Å². The van der Waals surface area contributed by atoms with Crippen molar-refractivity contribution < 1.29 is 4.39 Å². The maximum atomic E-state index is 13.9. The maximum Gasteiger partial charge on any atom is 0.128 e. The summed E-state index contributed by atoms with van der Waals surface area (Å²) in [6, 6.07) is 5.56. The summed E-state index contributed by atoms with van der Waals surface area (Å²) >= 11 is 6.80. The van der Waals surface area contributed by atoms with Gasteiger partial charge in [0.15, 0.2) is 0 Å². The van der Waals surface area contributed by atoms with E-state index < -0.39 is 0 Å². The van der Waals surface area contributed by atoms with Gasteiger partial charge >= 0.3 is 0 Å². The molecule has 0 aromatic heterocycles. The van der Waals surface area contributed by atoms with E-state index >= 15 is 0 Å². The topological polar surface area (TPSA) is 29.3 Å². The van der Waals surface area contributed by atoms with Gasteiger partial charge in [-0.1, -0.05) is 24.4 Å². The van der Waals surface area contributed by atoms with E-state index in [2.05, 4.69) is 11.9 Å². The first-order valence-corrected chi connectivity index (χ1v) is 7.50. The van der Waals surface area contributed by atoms with E-state index in [1.165, 1.54) is 18.2 Å². The minimum Gasteiger partial charge on any atom is -0.389 e. The van der Waals surface area contributed by atoms with Crippen LogP contribution in [0.2, 0.25) is 0 Å². The Hall–Kier alpha value is -0.650. The lowest BCUT2D eigenvalue weighted by Crippen LogP contribution is -2.31. The monoisotopic (exact) mass is 284 g/mol. The van der Waals surface area contributed by atoms with Crippen LogP contribution in [0.25, 0.3) is 0 Å². The van der Waals surface area contributed by atoms with Gasteiger partial charge in [0.25, 0.3) is 0 Å². The molecule has 1 saturated heterocycles. The highest BCUT2D eigenvalue weighted by Crippen LogP contribution is 2.23. The maximum absolute atomic E-state index is 13.9. The summed E-state index contributed by atoms with van der Waals surface area (Å²) in [5, 5.41) is 0. The van der Waals surface area contributed by atoms with Crippen molar-refractivity contribution in [1.29, 1.82) is 0 Å². The number of rotatable bonds is 4. The number of nitrogens with two attached hydrogens (primary N) is 1. The molecule has 1 atom stereocenters. The molecule has 0 saturated carbocycles. The fraction of sp³-hybridized carbons (Fsp3) is 0.462. The van der Waals surface area contributed by atoms with Crippen molar-refractivity contribution in [2.75, 3.05) is 18.6 Å². The van der Waals surface area contributed by atoms with Gasteiger partial charge in [0, 0.05) is 29.5 Å². The summed E-state index contributed by atoms with van der Waals surface area (Å²) < 4.78 is 13.9. The van der Waals surface area contributed by atoms with Gasteiger partial charge in [-0.25, -0.2) is 4.39 Å². The molecule has 0 bridgehead atoms. The van der Waals surface area contributed by atoms with Gasteiger partial charge in [-0.3, -0.25) is 4.90 Å². The van der Waals surface area contributed by atoms with Crippen LogP contribution in [-0.2, 0) is 6.54 Å². The molecular weight excluding hydrogens is 267 g/mol. The van der Waals surface area contributed by atoms with E-state index in [1.54, 1.807) is 12.1 Å². The summed E-state index contributed by atoms with van der Waals surface area (Å²) in [6.07, 6.45) is 1.19. The van der Waals surface area contributed by atoms with Gasteiger partial charge in [0.05, 0.1) is 0 Å². The second kappa shape index (κ2) is 5.99. The van der Waals surface area contributed by atoms with E-state index in [1.807, 2.05) is 11.8 Å². The molecular formula is C13H17FN2S2. The molecule has 1 unspecified atom stereocenters. The molecule has 2 nitrogen and oxygen atoms in total. The SMILES string of the molecule is CN(Cc1ccc(C(N)=S)cc1F)C1CCSC1. The molecule has 1 aromatic carbocycles. The molecule has 18 heavy (non-hydrogen) atoms. The lowest BCUT2D eigenvalue weighted by atomic mass is 10.1. The third-order valence-corrected chi connectivity index (χ3v) is 4.67. The van der Waals surface area contributed by atoms with Crippen LogP contribution in [0.1, 0.15) is 17.5 Å². The van der Waals surface area contributed by atoms with Gasteiger partial charge < -0.3 is 5.73 Å². The van der Waals surface area contributed by atoms with Crippen LogP contribution < -0.4 is 5.73 Å². The number of thioether (sulfide) groups is 1. The van der Waals surface area contributed by atoms with E-state index in [-0.39, 0.29) is 10.8 Å². The van der Waals surface area contributed by atoms with Gasteiger partial charge in [0.1, 0.15) is 10.8 Å². The Labute approximate surface area is 117 Å². The number of benzene rings is 1. The molecule has 1 heterocycles. The average molecular weight is 284 g/mol. The lowest BCUT2D eigenvalue weighted by molar-refractivity contribution is 0.251. The normalized spacial score (nSPS) is 19.4. The molecule has 5 heteroatoms. The Morgan fingerprint density at radius 1 is 1.61 bits per heavy atom. The number of thiocarbonyl (C=S) groups is 1. The van der Waals surface area contributed by atoms with Crippen molar-refractivity contribution in [3.63, 3.8) is 0 Å². The van der Waals surface area contributed by atoms with E-state index in [0.717, 1.165) is 5.75 Å². The zero-order chi connectivity index (χ0) is 13.1. The van der Waals surface area contributed by atoms with Gasteiger partial charge in [-0.05, 0) is 25.3 Å². The van der Waals surface area contributed by atoms with Crippen molar-refractivity contribution in [1.82, 2.24) is 4.90 Å². The lowest BCUT2D eigenvalue weighted by Gasteiger charge is -2.23. The van der Waals surface area contributed by atoms with Gasteiger partial charge in [-0.2, -0.15) is 11.8 Å². The Morgan fingerprint density at radius 3 is 2.94 bits per heavy atom. The van der Waals surface area contributed by atoms with Crippen molar-refractivity contribution in [3.8, 4) is 0 Å². The number of hydrogen-bond donors (Lipinski definition) is 1. The molecule has 0 aliphatic carbocycles. The average Bonchev–Trinajstić information content (AvgIpc) is 2.85. The quantitative estimate of drug-likeness (QED) is 0.860.